The average molecular weight is 401 g/mol. The fraction of sp³-hybridized carbons (Fsp3) is 0.400. The predicted molar refractivity (Wildman–Crippen MR) is 117 cm³/mol. The van der Waals surface area contributed by atoms with Gasteiger partial charge in [0.2, 0.25) is 5.91 Å². The summed E-state index contributed by atoms with van der Waals surface area (Å²) in [7, 11) is 0. The molecule has 3 aromatic rings. The first-order valence-corrected chi connectivity index (χ1v) is 11.1. The zero-order chi connectivity index (χ0) is 20.3. The lowest BCUT2D eigenvalue weighted by molar-refractivity contribution is -0.119. The Labute approximate surface area is 177 Å². The molecule has 154 valence electrons. The molecule has 5 nitrogen and oxygen atoms in total. The minimum atomic E-state index is -0.0270. The third-order valence-electron chi connectivity index (χ3n) is 6.46. The van der Waals surface area contributed by atoms with E-state index in [-0.39, 0.29) is 11.8 Å². The lowest BCUT2D eigenvalue weighted by Gasteiger charge is -2.29. The molecule has 2 heterocycles. The third kappa shape index (κ3) is 3.89. The molecule has 1 amide bonds. The maximum atomic E-state index is 13.2. The maximum absolute atomic E-state index is 13.2. The Morgan fingerprint density at radius 3 is 2.30 bits per heavy atom. The van der Waals surface area contributed by atoms with Crippen molar-refractivity contribution in [1.29, 1.82) is 0 Å². The number of hydrogen-bond donors (Lipinski definition) is 0. The van der Waals surface area contributed by atoms with E-state index in [4.69, 9.17) is 10.2 Å². The van der Waals surface area contributed by atoms with E-state index in [2.05, 4.69) is 24.3 Å². The van der Waals surface area contributed by atoms with Crippen molar-refractivity contribution in [3.05, 3.63) is 77.5 Å². The highest BCUT2D eigenvalue weighted by molar-refractivity contribution is 5.96. The third-order valence-corrected chi connectivity index (χ3v) is 6.46. The van der Waals surface area contributed by atoms with Crippen LogP contribution in [-0.4, -0.2) is 20.9 Å². The van der Waals surface area contributed by atoms with Crippen LogP contribution in [0.2, 0.25) is 0 Å². The molecule has 1 aliphatic carbocycles. The highest BCUT2D eigenvalue weighted by atomic mass is 16.2. The lowest BCUT2D eigenvalue weighted by Crippen LogP contribution is -2.36. The van der Waals surface area contributed by atoms with E-state index in [1.807, 2.05) is 46.1 Å². The molecule has 1 aromatic heterocycles. The Bertz CT molecular complexity index is 993. The van der Waals surface area contributed by atoms with Gasteiger partial charge < -0.3 is 0 Å². The molecule has 5 rings (SSSR count). The van der Waals surface area contributed by atoms with E-state index >= 15 is 0 Å². The highest BCUT2D eigenvalue weighted by Crippen LogP contribution is 2.38. The standard InChI is InChI=1S/C25H28N4O/c30-23-16-22(21-14-8-3-9-15-21)24-25(28(23)17-19-10-4-1-5-11-19)27-29(26-24)18-20-12-6-2-7-13-20/h1,3-5,8-11,14-15,20,22H,2,6-7,12-13,16-18H2. The predicted octanol–water partition coefficient (Wildman–Crippen LogP) is 4.93. The van der Waals surface area contributed by atoms with Crippen LogP contribution < -0.4 is 4.90 Å². The maximum Gasteiger partial charge on any atom is 0.229 e. The van der Waals surface area contributed by atoms with Gasteiger partial charge in [-0.15, -0.1) is 5.10 Å². The molecule has 2 aromatic carbocycles. The monoisotopic (exact) mass is 400 g/mol. The van der Waals surface area contributed by atoms with Crippen LogP contribution in [0.3, 0.4) is 0 Å². The highest BCUT2D eigenvalue weighted by Gasteiger charge is 2.36. The van der Waals surface area contributed by atoms with Crippen molar-refractivity contribution < 1.29 is 4.79 Å². The number of anilines is 1. The topological polar surface area (TPSA) is 51.0 Å². The molecule has 2 aliphatic rings. The minimum Gasteiger partial charge on any atom is -0.289 e. The molecule has 1 atom stereocenters. The molecule has 0 N–H and O–H groups in total. The summed E-state index contributed by atoms with van der Waals surface area (Å²) in [5.41, 5.74) is 3.18. The molecular weight excluding hydrogens is 372 g/mol. The Kier molecular flexibility index (Phi) is 5.35. The van der Waals surface area contributed by atoms with Crippen molar-refractivity contribution in [2.75, 3.05) is 4.90 Å². The van der Waals surface area contributed by atoms with Gasteiger partial charge in [-0.25, -0.2) is 0 Å². The van der Waals surface area contributed by atoms with E-state index in [0.29, 0.717) is 18.9 Å². The van der Waals surface area contributed by atoms with E-state index in [1.54, 1.807) is 0 Å². The fourth-order valence-electron chi connectivity index (χ4n) is 4.84. The normalized spacial score (nSPS) is 19.7. The van der Waals surface area contributed by atoms with Crippen molar-refractivity contribution in [1.82, 2.24) is 15.0 Å². The largest absolute Gasteiger partial charge is 0.289 e. The molecule has 1 fully saturated rings. The SMILES string of the molecule is O=C1CC(c2ccccc2)c2nn(CC3CCCCC3)nc2N1Cc1ccccc1. The zero-order valence-electron chi connectivity index (χ0n) is 17.3. The van der Waals surface area contributed by atoms with Crippen LogP contribution in [0.4, 0.5) is 5.82 Å². The summed E-state index contributed by atoms with van der Waals surface area (Å²) in [6.45, 7) is 1.39. The smallest absolute Gasteiger partial charge is 0.229 e. The second-order valence-electron chi connectivity index (χ2n) is 8.60. The summed E-state index contributed by atoms with van der Waals surface area (Å²) in [5.74, 6) is 1.46. The van der Waals surface area contributed by atoms with E-state index < -0.39 is 0 Å². The molecule has 0 spiro atoms. The molecular formula is C25H28N4O. The number of aromatic nitrogens is 3. The van der Waals surface area contributed by atoms with Crippen molar-refractivity contribution in [2.24, 2.45) is 5.92 Å². The van der Waals surface area contributed by atoms with Gasteiger partial charge in [0.15, 0.2) is 5.82 Å². The Morgan fingerprint density at radius 2 is 1.57 bits per heavy atom. The van der Waals surface area contributed by atoms with E-state index in [0.717, 1.165) is 29.2 Å². The summed E-state index contributed by atoms with van der Waals surface area (Å²) >= 11 is 0. The Hall–Kier alpha value is -2.95. The van der Waals surface area contributed by atoms with Crippen molar-refractivity contribution in [3.63, 3.8) is 0 Å². The zero-order valence-corrected chi connectivity index (χ0v) is 17.3. The molecule has 0 saturated heterocycles. The molecule has 1 unspecified atom stereocenters. The Balaban J connectivity index is 1.49. The number of nitrogens with zero attached hydrogens (tertiary/aromatic N) is 4. The van der Waals surface area contributed by atoms with Crippen molar-refractivity contribution >= 4 is 11.7 Å². The van der Waals surface area contributed by atoms with Crippen LogP contribution in [0.1, 0.15) is 61.3 Å². The van der Waals surface area contributed by atoms with Gasteiger partial charge in [-0.3, -0.25) is 9.69 Å². The molecule has 0 bridgehead atoms. The van der Waals surface area contributed by atoms with Gasteiger partial charge in [0.1, 0.15) is 5.69 Å². The van der Waals surface area contributed by atoms with Gasteiger partial charge in [-0.1, -0.05) is 79.9 Å². The van der Waals surface area contributed by atoms with Crippen LogP contribution in [0.25, 0.3) is 0 Å². The van der Waals surface area contributed by atoms with Crippen molar-refractivity contribution in [2.45, 2.75) is 57.5 Å². The van der Waals surface area contributed by atoms with Crippen LogP contribution in [-0.2, 0) is 17.9 Å². The number of fused-ring (bicyclic) bond motifs is 1. The molecule has 30 heavy (non-hydrogen) atoms. The second-order valence-corrected chi connectivity index (χ2v) is 8.60. The lowest BCUT2D eigenvalue weighted by atomic mass is 9.89. The van der Waals surface area contributed by atoms with Gasteiger partial charge in [0.05, 0.1) is 13.1 Å². The van der Waals surface area contributed by atoms with E-state index in [1.165, 1.54) is 32.1 Å². The van der Waals surface area contributed by atoms with Gasteiger partial charge in [-0.2, -0.15) is 9.90 Å². The number of rotatable bonds is 5. The van der Waals surface area contributed by atoms with Gasteiger partial charge in [0.25, 0.3) is 0 Å². The number of carbonyl (C=O) groups excluding carboxylic acids is 1. The first-order chi connectivity index (χ1) is 14.8. The van der Waals surface area contributed by atoms with Gasteiger partial charge in [0, 0.05) is 12.3 Å². The minimum absolute atomic E-state index is 0.0270. The second kappa shape index (κ2) is 8.42. The van der Waals surface area contributed by atoms with Crippen LogP contribution >= 0.6 is 0 Å². The number of carbonyl (C=O) groups is 1. The summed E-state index contributed by atoms with van der Waals surface area (Å²) in [6.07, 6.45) is 6.89. The van der Waals surface area contributed by atoms with Gasteiger partial charge >= 0.3 is 0 Å². The number of hydrogen-bond acceptors (Lipinski definition) is 3. The van der Waals surface area contributed by atoms with E-state index in [9.17, 15) is 4.79 Å². The summed E-state index contributed by atoms with van der Waals surface area (Å²) in [6, 6.07) is 20.4. The molecule has 1 saturated carbocycles. The number of amides is 1. The molecule has 5 heteroatoms. The van der Waals surface area contributed by atoms with Gasteiger partial charge in [-0.05, 0) is 29.9 Å². The first kappa shape index (κ1) is 19.0. The number of benzene rings is 2. The Morgan fingerprint density at radius 1 is 0.867 bits per heavy atom. The average Bonchev–Trinajstić information content (AvgIpc) is 3.21. The fourth-order valence-corrected chi connectivity index (χ4v) is 4.84. The first-order valence-electron chi connectivity index (χ1n) is 11.1. The molecule has 0 radical (unpaired) electrons. The molecule has 1 aliphatic heterocycles. The summed E-state index contributed by atoms with van der Waals surface area (Å²) in [4.78, 5) is 16.9. The van der Waals surface area contributed by atoms with Crippen LogP contribution in [0, 0.1) is 5.92 Å². The van der Waals surface area contributed by atoms with Crippen molar-refractivity contribution in [3.8, 4) is 0 Å². The summed E-state index contributed by atoms with van der Waals surface area (Å²) in [5, 5.41) is 9.80. The van der Waals surface area contributed by atoms with Crippen LogP contribution in [0.15, 0.2) is 60.7 Å². The summed E-state index contributed by atoms with van der Waals surface area (Å²) < 4.78 is 0. The quantitative estimate of drug-likeness (QED) is 0.610. The van der Waals surface area contributed by atoms with Crippen LogP contribution in [0.5, 0.6) is 0 Å².